The second-order valence-electron chi connectivity index (χ2n) is 5.92. The van der Waals surface area contributed by atoms with E-state index in [2.05, 4.69) is 10.3 Å². The van der Waals surface area contributed by atoms with Crippen LogP contribution in [0.4, 0.5) is 10.5 Å². The van der Waals surface area contributed by atoms with Crippen molar-refractivity contribution in [2.24, 2.45) is 0 Å². The fourth-order valence-corrected chi connectivity index (χ4v) is 2.85. The molecule has 1 aromatic carbocycles. The maximum Gasteiger partial charge on any atom is 0.325 e. The van der Waals surface area contributed by atoms with Crippen molar-refractivity contribution < 1.29 is 19.2 Å². The second-order valence-corrected chi connectivity index (χ2v) is 5.92. The van der Waals surface area contributed by atoms with Crippen molar-refractivity contribution in [3.63, 3.8) is 0 Å². The van der Waals surface area contributed by atoms with Crippen LogP contribution in [-0.2, 0) is 16.9 Å². The van der Waals surface area contributed by atoms with Crippen molar-refractivity contribution in [1.82, 2.24) is 15.2 Å². The quantitative estimate of drug-likeness (QED) is 0.497. The van der Waals surface area contributed by atoms with Crippen molar-refractivity contribution in [2.45, 2.75) is 19.0 Å². The number of carbonyl (C=O) groups excluding carboxylic acids is 2. The number of amides is 3. The van der Waals surface area contributed by atoms with Crippen LogP contribution >= 0.6 is 0 Å². The van der Waals surface area contributed by atoms with Crippen LogP contribution in [0.25, 0.3) is 0 Å². The third-order valence-corrected chi connectivity index (χ3v) is 4.30. The zero-order chi connectivity index (χ0) is 18.9. The Morgan fingerprint density at radius 3 is 2.58 bits per heavy atom. The van der Waals surface area contributed by atoms with Gasteiger partial charge in [-0.15, -0.1) is 0 Å². The van der Waals surface area contributed by atoms with E-state index in [1.165, 1.54) is 31.4 Å². The molecule has 0 radical (unpaired) electrons. The molecule has 1 aromatic heterocycles. The highest BCUT2D eigenvalue weighted by molar-refractivity contribution is 6.07. The largest absolute Gasteiger partial charge is 0.481 e. The molecule has 9 heteroatoms. The second kappa shape index (κ2) is 6.43. The van der Waals surface area contributed by atoms with Gasteiger partial charge >= 0.3 is 6.03 Å². The number of carbonyl (C=O) groups is 2. The number of pyridine rings is 1. The zero-order valence-electron chi connectivity index (χ0n) is 14.1. The normalized spacial score (nSPS) is 19.4. The summed E-state index contributed by atoms with van der Waals surface area (Å²) in [6.07, 6.45) is 1.55. The third kappa shape index (κ3) is 2.83. The molecular weight excluding hydrogens is 340 g/mol. The van der Waals surface area contributed by atoms with Crippen molar-refractivity contribution in [3.05, 3.63) is 63.8 Å². The van der Waals surface area contributed by atoms with Gasteiger partial charge in [-0.05, 0) is 30.7 Å². The fourth-order valence-electron chi connectivity index (χ4n) is 2.85. The first-order valence-electron chi connectivity index (χ1n) is 7.73. The van der Waals surface area contributed by atoms with Crippen molar-refractivity contribution in [3.8, 4) is 5.88 Å². The van der Waals surface area contributed by atoms with E-state index in [1.807, 2.05) is 0 Å². The Kier molecular flexibility index (Phi) is 4.29. The minimum absolute atomic E-state index is 0.00422. The summed E-state index contributed by atoms with van der Waals surface area (Å²) >= 11 is 0. The molecule has 3 rings (SSSR count). The van der Waals surface area contributed by atoms with Crippen LogP contribution in [0.5, 0.6) is 5.88 Å². The monoisotopic (exact) mass is 356 g/mol. The number of urea groups is 1. The maximum absolute atomic E-state index is 12.9. The lowest BCUT2D eigenvalue weighted by Crippen LogP contribution is -2.40. The van der Waals surface area contributed by atoms with Crippen LogP contribution in [0.3, 0.4) is 0 Å². The molecule has 0 saturated carbocycles. The topological polar surface area (TPSA) is 115 Å². The highest BCUT2D eigenvalue weighted by Crippen LogP contribution is 2.31. The summed E-state index contributed by atoms with van der Waals surface area (Å²) in [4.78, 5) is 40.7. The number of non-ortho nitro benzene ring substituents is 1. The molecule has 0 aliphatic carbocycles. The molecule has 0 unspecified atom stereocenters. The number of nitro groups is 1. The summed E-state index contributed by atoms with van der Waals surface area (Å²) < 4.78 is 5.15. The van der Waals surface area contributed by atoms with Gasteiger partial charge in [0.1, 0.15) is 5.54 Å². The summed E-state index contributed by atoms with van der Waals surface area (Å²) in [5, 5.41) is 13.4. The van der Waals surface area contributed by atoms with Gasteiger partial charge in [0.05, 0.1) is 18.6 Å². The van der Waals surface area contributed by atoms with Crippen LogP contribution in [-0.4, -0.2) is 33.9 Å². The molecule has 26 heavy (non-hydrogen) atoms. The van der Waals surface area contributed by atoms with Gasteiger partial charge in [-0.1, -0.05) is 6.07 Å². The summed E-state index contributed by atoms with van der Waals surface area (Å²) in [5.41, 5.74) is -0.346. The lowest BCUT2D eigenvalue weighted by molar-refractivity contribution is -0.384. The summed E-state index contributed by atoms with van der Waals surface area (Å²) in [6, 6.07) is 8.37. The molecular formula is C17H16N4O5. The van der Waals surface area contributed by atoms with E-state index >= 15 is 0 Å². The molecule has 9 nitrogen and oxygen atoms in total. The standard InChI is InChI=1S/C17H16N4O5/c1-17(12-5-7-13(8-6-12)21(24)25)15(22)20(16(23)19-17)10-11-4-3-9-18-14(11)26-2/h3-9H,10H2,1-2H3,(H,19,23)/t17-/m0/s1. The number of nitro benzene ring substituents is 1. The Bertz CT molecular complexity index is 883. The molecule has 2 heterocycles. The number of hydrogen-bond donors (Lipinski definition) is 1. The van der Waals surface area contributed by atoms with Gasteiger partial charge < -0.3 is 10.1 Å². The Hall–Kier alpha value is -3.49. The first-order valence-corrected chi connectivity index (χ1v) is 7.73. The number of benzene rings is 1. The number of methoxy groups -OCH3 is 1. The smallest absolute Gasteiger partial charge is 0.325 e. The Balaban J connectivity index is 1.89. The highest BCUT2D eigenvalue weighted by Gasteiger charge is 2.49. The first kappa shape index (κ1) is 17.3. The molecule has 1 saturated heterocycles. The lowest BCUT2D eigenvalue weighted by Gasteiger charge is -2.22. The van der Waals surface area contributed by atoms with Gasteiger partial charge in [-0.3, -0.25) is 19.8 Å². The first-order chi connectivity index (χ1) is 12.4. The maximum atomic E-state index is 12.9. The molecule has 1 fully saturated rings. The molecule has 3 amide bonds. The van der Waals surface area contributed by atoms with E-state index in [4.69, 9.17) is 4.74 Å². The van der Waals surface area contributed by atoms with E-state index in [0.717, 1.165) is 4.90 Å². The lowest BCUT2D eigenvalue weighted by atomic mass is 9.92. The Morgan fingerprint density at radius 2 is 1.96 bits per heavy atom. The van der Waals surface area contributed by atoms with Crippen LogP contribution in [0, 0.1) is 10.1 Å². The summed E-state index contributed by atoms with van der Waals surface area (Å²) in [5.74, 6) is -0.126. The number of nitrogens with one attached hydrogen (secondary N) is 1. The Labute approximate surface area is 148 Å². The molecule has 0 spiro atoms. The molecule has 1 aliphatic rings. The van der Waals surface area contributed by atoms with Crippen molar-refractivity contribution in [1.29, 1.82) is 0 Å². The SMILES string of the molecule is COc1ncccc1CN1C(=O)N[C@@](C)(c2ccc([N+](=O)[O-])cc2)C1=O. The van der Waals surface area contributed by atoms with Crippen molar-refractivity contribution in [2.75, 3.05) is 7.11 Å². The number of nitrogens with zero attached hydrogens (tertiary/aromatic N) is 3. The third-order valence-electron chi connectivity index (χ3n) is 4.30. The highest BCUT2D eigenvalue weighted by atomic mass is 16.6. The number of ether oxygens (including phenoxy) is 1. The van der Waals surface area contributed by atoms with Crippen LogP contribution in [0.15, 0.2) is 42.6 Å². The number of rotatable bonds is 5. The summed E-state index contributed by atoms with van der Waals surface area (Å²) in [7, 11) is 1.46. The van der Waals surface area contributed by atoms with Gasteiger partial charge in [-0.2, -0.15) is 0 Å². The summed E-state index contributed by atoms with van der Waals surface area (Å²) in [6.45, 7) is 1.57. The number of hydrogen-bond acceptors (Lipinski definition) is 6. The van der Waals surface area contributed by atoms with Gasteiger partial charge in [0.15, 0.2) is 0 Å². The predicted molar refractivity (Wildman–Crippen MR) is 90.3 cm³/mol. The van der Waals surface area contributed by atoms with E-state index in [0.29, 0.717) is 17.0 Å². The van der Waals surface area contributed by atoms with Crippen LogP contribution in [0.2, 0.25) is 0 Å². The molecule has 134 valence electrons. The predicted octanol–water partition coefficient (Wildman–Crippen LogP) is 1.97. The Morgan fingerprint density at radius 1 is 1.27 bits per heavy atom. The average Bonchev–Trinajstić information content (AvgIpc) is 2.86. The molecule has 0 bridgehead atoms. The van der Waals surface area contributed by atoms with E-state index in [1.54, 1.807) is 25.3 Å². The molecule has 1 atom stereocenters. The van der Waals surface area contributed by atoms with Crippen LogP contribution < -0.4 is 10.1 Å². The van der Waals surface area contributed by atoms with Crippen LogP contribution in [0.1, 0.15) is 18.1 Å². The fraction of sp³-hybridized carbons (Fsp3) is 0.235. The number of aromatic nitrogens is 1. The average molecular weight is 356 g/mol. The molecule has 1 aliphatic heterocycles. The minimum atomic E-state index is -1.30. The minimum Gasteiger partial charge on any atom is -0.481 e. The molecule has 2 aromatic rings. The van der Waals surface area contributed by atoms with E-state index < -0.39 is 22.4 Å². The van der Waals surface area contributed by atoms with Gasteiger partial charge in [0, 0.05) is 23.9 Å². The molecule has 1 N–H and O–H groups in total. The number of imide groups is 1. The zero-order valence-corrected chi connectivity index (χ0v) is 14.1. The van der Waals surface area contributed by atoms with E-state index in [9.17, 15) is 19.7 Å². The van der Waals surface area contributed by atoms with Gasteiger partial charge in [0.25, 0.3) is 11.6 Å². The van der Waals surface area contributed by atoms with Gasteiger partial charge in [-0.25, -0.2) is 9.78 Å². The van der Waals surface area contributed by atoms with Crippen molar-refractivity contribution >= 4 is 17.6 Å². The van der Waals surface area contributed by atoms with Gasteiger partial charge in [0.2, 0.25) is 5.88 Å². The van der Waals surface area contributed by atoms with E-state index in [-0.39, 0.29) is 12.2 Å².